The van der Waals surface area contributed by atoms with E-state index >= 15 is 0 Å². The van der Waals surface area contributed by atoms with Crippen LogP contribution in [-0.4, -0.2) is 35.7 Å². The standard InChI is InChI=1S/C13H27NO/c1-3-7-12(10-11-15)14(2)13-8-5-4-6-9-13/h12-13,15H,3-11H2,1-2H3. The maximum Gasteiger partial charge on any atom is 0.0445 e. The highest BCUT2D eigenvalue weighted by molar-refractivity contribution is 4.79. The van der Waals surface area contributed by atoms with E-state index in [4.69, 9.17) is 5.11 Å². The summed E-state index contributed by atoms with van der Waals surface area (Å²) >= 11 is 0. The lowest BCUT2D eigenvalue weighted by Crippen LogP contribution is -2.41. The number of aliphatic hydroxyl groups excluding tert-OH is 1. The summed E-state index contributed by atoms with van der Waals surface area (Å²) in [6.45, 7) is 2.57. The van der Waals surface area contributed by atoms with E-state index in [9.17, 15) is 0 Å². The third-order valence-electron chi connectivity index (χ3n) is 3.81. The van der Waals surface area contributed by atoms with Crippen molar-refractivity contribution in [1.82, 2.24) is 4.90 Å². The van der Waals surface area contributed by atoms with Crippen LogP contribution in [0.3, 0.4) is 0 Å². The molecule has 0 aromatic heterocycles. The van der Waals surface area contributed by atoms with Crippen molar-refractivity contribution in [3.05, 3.63) is 0 Å². The molecule has 0 heterocycles. The Bertz CT molecular complexity index is 149. The van der Waals surface area contributed by atoms with Crippen molar-refractivity contribution in [1.29, 1.82) is 0 Å². The molecule has 0 amide bonds. The van der Waals surface area contributed by atoms with Gasteiger partial charge in [0.1, 0.15) is 0 Å². The van der Waals surface area contributed by atoms with Crippen LogP contribution in [0.2, 0.25) is 0 Å². The molecule has 1 rings (SSSR count). The van der Waals surface area contributed by atoms with Gasteiger partial charge in [-0.3, -0.25) is 0 Å². The zero-order valence-electron chi connectivity index (χ0n) is 10.4. The Labute approximate surface area is 94.7 Å². The van der Waals surface area contributed by atoms with Crippen LogP contribution in [-0.2, 0) is 0 Å². The molecule has 2 heteroatoms. The van der Waals surface area contributed by atoms with Gasteiger partial charge in [0, 0.05) is 18.7 Å². The minimum Gasteiger partial charge on any atom is -0.396 e. The third-order valence-corrected chi connectivity index (χ3v) is 3.81. The fourth-order valence-electron chi connectivity index (χ4n) is 2.82. The Balaban J connectivity index is 2.41. The predicted molar refractivity (Wildman–Crippen MR) is 65.0 cm³/mol. The molecule has 1 aliphatic rings. The van der Waals surface area contributed by atoms with Gasteiger partial charge in [-0.15, -0.1) is 0 Å². The molecule has 15 heavy (non-hydrogen) atoms. The van der Waals surface area contributed by atoms with Gasteiger partial charge in [0.2, 0.25) is 0 Å². The predicted octanol–water partition coefficient (Wildman–Crippen LogP) is 2.80. The Morgan fingerprint density at radius 3 is 2.40 bits per heavy atom. The first kappa shape index (κ1) is 13.0. The van der Waals surface area contributed by atoms with Gasteiger partial charge in [-0.05, 0) is 32.7 Å². The fraction of sp³-hybridized carbons (Fsp3) is 1.00. The number of rotatable bonds is 6. The van der Waals surface area contributed by atoms with E-state index < -0.39 is 0 Å². The van der Waals surface area contributed by atoms with Crippen molar-refractivity contribution >= 4 is 0 Å². The molecule has 0 bridgehead atoms. The quantitative estimate of drug-likeness (QED) is 0.733. The summed E-state index contributed by atoms with van der Waals surface area (Å²) in [6.07, 6.45) is 10.3. The van der Waals surface area contributed by atoms with E-state index in [0.29, 0.717) is 12.6 Å². The van der Waals surface area contributed by atoms with E-state index in [1.54, 1.807) is 0 Å². The first-order chi connectivity index (χ1) is 7.29. The van der Waals surface area contributed by atoms with E-state index in [1.807, 2.05) is 0 Å². The lowest BCUT2D eigenvalue weighted by molar-refractivity contribution is 0.108. The summed E-state index contributed by atoms with van der Waals surface area (Å²) < 4.78 is 0. The van der Waals surface area contributed by atoms with Crippen molar-refractivity contribution in [2.45, 2.75) is 70.4 Å². The Kier molecular flexibility index (Phi) is 6.26. The van der Waals surface area contributed by atoms with Crippen LogP contribution in [0.1, 0.15) is 58.3 Å². The Hall–Kier alpha value is -0.0800. The van der Waals surface area contributed by atoms with Gasteiger partial charge in [0.25, 0.3) is 0 Å². The normalized spacial score (nSPS) is 20.8. The van der Waals surface area contributed by atoms with E-state index in [-0.39, 0.29) is 0 Å². The molecule has 1 saturated carbocycles. The largest absolute Gasteiger partial charge is 0.396 e. The average molecular weight is 213 g/mol. The number of hydrogen-bond donors (Lipinski definition) is 1. The van der Waals surface area contributed by atoms with Crippen LogP contribution in [0.5, 0.6) is 0 Å². The molecule has 0 aromatic carbocycles. The third kappa shape index (κ3) is 4.12. The summed E-state index contributed by atoms with van der Waals surface area (Å²) in [5.74, 6) is 0. The smallest absolute Gasteiger partial charge is 0.0445 e. The van der Waals surface area contributed by atoms with E-state index in [0.717, 1.165) is 12.5 Å². The zero-order chi connectivity index (χ0) is 11.1. The van der Waals surface area contributed by atoms with Gasteiger partial charge in [-0.1, -0.05) is 32.6 Å². The molecule has 90 valence electrons. The molecule has 0 aliphatic heterocycles. The summed E-state index contributed by atoms with van der Waals surface area (Å²) in [7, 11) is 2.26. The summed E-state index contributed by atoms with van der Waals surface area (Å²) in [6, 6.07) is 1.38. The Morgan fingerprint density at radius 2 is 1.87 bits per heavy atom. The maximum absolute atomic E-state index is 9.08. The number of hydrogen-bond acceptors (Lipinski definition) is 2. The monoisotopic (exact) mass is 213 g/mol. The average Bonchev–Trinajstić information content (AvgIpc) is 2.29. The van der Waals surface area contributed by atoms with E-state index in [1.165, 1.54) is 44.9 Å². The minimum absolute atomic E-state index is 0.335. The molecule has 2 nitrogen and oxygen atoms in total. The van der Waals surface area contributed by atoms with Crippen molar-refractivity contribution < 1.29 is 5.11 Å². The van der Waals surface area contributed by atoms with Crippen LogP contribution in [0.25, 0.3) is 0 Å². The molecule has 1 atom stereocenters. The van der Waals surface area contributed by atoms with Gasteiger partial charge in [0.05, 0.1) is 0 Å². The molecule has 1 aliphatic carbocycles. The highest BCUT2D eigenvalue weighted by Gasteiger charge is 2.23. The van der Waals surface area contributed by atoms with Crippen LogP contribution < -0.4 is 0 Å². The molecule has 0 aromatic rings. The van der Waals surface area contributed by atoms with Crippen molar-refractivity contribution in [2.75, 3.05) is 13.7 Å². The van der Waals surface area contributed by atoms with Crippen molar-refractivity contribution in [3.8, 4) is 0 Å². The number of nitrogens with zero attached hydrogens (tertiary/aromatic N) is 1. The first-order valence-corrected chi connectivity index (χ1v) is 6.62. The minimum atomic E-state index is 0.335. The fourth-order valence-corrected chi connectivity index (χ4v) is 2.82. The maximum atomic E-state index is 9.08. The summed E-state index contributed by atoms with van der Waals surface area (Å²) in [4.78, 5) is 2.54. The second-order valence-corrected chi connectivity index (χ2v) is 4.91. The highest BCUT2D eigenvalue weighted by Crippen LogP contribution is 2.24. The molecule has 1 N–H and O–H groups in total. The molecular formula is C13H27NO. The van der Waals surface area contributed by atoms with Crippen molar-refractivity contribution in [2.24, 2.45) is 0 Å². The van der Waals surface area contributed by atoms with Crippen LogP contribution >= 0.6 is 0 Å². The van der Waals surface area contributed by atoms with Crippen LogP contribution in [0.4, 0.5) is 0 Å². The molecule has 0 saturated heterocycles. The second kappa shape index (κ2) is 7.24. The van der Waals surface area contributed by atoms with Gasteiger partial charge in [-0.25, -0.2) is 0 Å². The first-order valence-electron chi connectivity index (χ1n) is 6.62. The van der Waals surface area contributed by atoms with Gasteiger partial charge in [-0.2, -0.15) is 0 Å². The van der Waals surface area contributed by atoms with Crippen LogP contribution in [0.15, 0.2) is 0 Å². The van der Waals surface area contributed by atoms with Gasteiger partial charge >= 0.3 is 0 Å². The number of aliphatic hydroxyl groups is 1. The summed E-state index contributed by atoms with van der Waals surface area (Å²) in [5.41, 5.74) is 0. The molecule has 1 unspecified atom stereocenters. The van der Waals surface area contributed by atoms with Gasteiger partial charge in [0.15, 0.2) is 0 Å². The lowest BCUT2D eigenvalue weighted by atomic mass is 9.92. The Morgan fingerprint density at radius 1 is 1.20 bits per heavy atom. The molecule has 0 spiro atoms. The van der Waals surface area contributed by atoms with Crippen molar-refractivity contribution in [3.63, 3.8) is 0 Å². The highest BCUT2D eigenvalue weighted by atomic mass is 16.3. The zero-order valence-corrected chi connectivity index (χ0v) is 10.4. The SMILES string of the molecule is CCCC(CCO)N(C)C1CCCCC1. The van der Waals surface area contributed by atoms with E-state index in [2.05, 4.69) is 18.9 Å². The second-order valence-electron chi connectivity index (χ2n) is 4.91. The lowest BCUT2D eigenvalue weighted by Gasteiger charge is -2.37. The van der Waals surface area contributed by atoms with Gasteiger partial charge < -0.3 is 10.0 Å². The van der Waals surface area contributed by atoms with Crippen LogP contribution in [0, 0.1) is 0 Å². The molecule has 0 radical (unpaired) electrons. The summed E-state index contributed by atoms with van der Waals surface area (Å²) in [5, 5.41) is 9.08. The molecular weight excluding hydrogens is 186 g/mol. The molecule has 1 fully saturated rings. The topological polar surface area (TPSA) is 23.5 Å².